The third-order valence-corrected chi connectivity index (χ3v) is 5.28. The Labute approximate surface area is 185 Å². The molecule has 1 aromatic carbocycles. The van der Waals surface area contributed by atoms with Crippen LogP contribution < -0.4 is 20.9 Å². The summed E-state index contributed by atoms with van der Waals surface area (Å²) in [5.74, 6) is 0.264. The second-order valence-electron chi connectivity index (χ2n) is 7.73. The Kier molecular flexibility index (Phi) is 6.90. The summed E-state index contributed by atoms with van der Waals surface area (Å²) in [4.78, 5) is 38.3. The van der Waals surface area contributed by atoms with E-state index >= 15 is 0 Å². The standard InChI is InChI=1S/C22H26N6O4/c29-20(15-3-5-17(6-4-15)25-21(30)16-1-2-16)23-9-10-24-22(31)18-7-8-19(27-26-18)28-11-13-32-14-12-28/h3-8,16H,1-2,9-14H2,(H,23,29)(H,24,31)(H,25,30). The van der Waals surface area contributed by atoms with Gasteiger partial charge in [-0.2, -0.15) is 0 Å². The maximum atomic E-state index is 12.3. The number of amides is 3. The Hall–Kier alpha value is -3.53. The molecule has 4 rings (SSSR count). The van der Waals surface area contributed by atoms with Crippen molar-refractivity contribution in [1.82, 2.24) is 20.8 Å². The normalized spacial score (nSPS) is 15.7. The molecule has 10 nitrogen and oxygen atoms in total. The van der Waals surface area contributed by atoms with Crippen LogP contribution in [-0.4, -0.2) is 67.3 Å². The molecule has 1 saturated heterocycles. The fourth-order valence-corrected chi connectivity index (χ4v) is 3.25. The minimum atomic E-state index is -0.351. The number of morpholine rings is 1. The molecule has 1 saturated carbocycles. The lowest BCUT2D eigenvalue weighted by Gasteiger charge is -2.27. The summed E-state index contributed by atoms with van der Waals surface area (Å²) < 4.78 is 5.31. The zero-order valence-electron chi connectivity index (χ0n) is 17.7. The Morgan fingerprint density at radius 3 is 2.22 bits per heavy atom. The smallest absolute Gasteiger partial charge is 0.271 e. The third-order valence-electron chi connectivity index (χ3n) is 5.28. The maximum absolute atomic E-state index is 12.3. The number of nitrogens with one attached hydrogen (secondary N) is 3. The van der Waals surface area contributed by atoms with Crippen LogP contribution in [0.15, 0.2) is 36.4 Å². The lowest BCUT2D eigenvalue weighted by Crippen LogP contribution is -2.37. The van der Waals surface area contributed by atoms with Crippen molar-refractivity contribution in [2.24, 2.45) is 5.92 Å². The van der Waals surface area contributed by atoms with Gasteiger partial charge in [-0.25, -0.2) is 0 Å². The topological polar surface area (TPSA) is 126 Å². The molecule has 168 valence electrons. The summed E-state index contributed by atoms with van der Waals surface area (Å²) in [5, 5.41) is 16.4. The van der Waals surface area contributed by atoms with Crippen LogP contribution in [0.2, 0.25) is 0 Å². The first-order valence-corrected chi connectivity index (χ1v) is 10.7. The molecule has 10 heteroatoms. The van der Waals surface area contributed by atoms with Gasteiger partial charge in [0.15, 0.2) is 11.5 Å². The molecule has 2 fully saturated rings. The van der Waals surface area contributed by atoms with Gasteiger partial charge < -0.3 is 25.6 Å². The Morgan fingerprint density at radius 2 is 1.59 bits per heavy atom. The molecule has 0 atom stereocenters. The number of carbonyl (C=O) groups excluding carboxylic acids is 3. The maximum Gasteiger partial charge on any atom is 0.271 e. The van der Waals surface area contributed by atoms with E-state index in [2.05, 4.69) is 31.0 Å². The molecule has 3 amide bonds. The number of benzene rings is 1. The quantitative estimate of drug-likeness (QED) is 0.521. The molecular formula is C22H26N6O4. The van der Waals surface area contributed by atoms with Crippen molar-refractivity contribution in [2.75, 3.05) is 49.6 Å². The van der Waals surface area contributed by atoms with Crippen LogP contribution in [0.5, 0.6) is 0 Å². The van der Waals surface area contributed by atoms with Crippen LogP contribution >= 0.6 is 0 Å². The molecule has 2 aliphatic rings. The average Bonchev–Trinajstić information content (AvgIpc) is 3.68. The van der Waals surface area contributed by atoms with E-state index in [9.17, 15) is 14.4 Å². The summed E-state index contributed by atoms with van der Waals surface area (Å²) >= 11 is 0. The van der Waals surface area contributed by atoms with Gasteiger partial charge in [-0.1, -0.05) is 0 Å². The fourth-order valence-electron chi connectivity index (χ4n) is 3.25. The minimum absolute atomic E-state index is 0.0263. The van der Waals surface area contributed by atoms with Crippen molar-refractivity contribution >= 4 is 29.2 Å². The highest BCUT2D eigenvalue weighted by molar-refractivity contribution is 5.97. The van der Waals surface area contributed by atoms with Gasteiger partial charge >= 0.3 is 0 Å². The number of anilines is 2. The van der Waals surface area contributed by atoms with E-state index in [1.165, 1.54) is 0 Å². The largest absolute Gasteiger partial charge is 0.378 e. The van der Waals surface area contributed by atoms with Gasteiger partial charge in [-0.15, -0.1) is 10.2 Å². The zero-order chi connectivity index (χ0) is 22.3. The summed E-state index contributed by atoms with van der Waals surface area (Å²) in [6.45, 7) is 3.32. The molecule has 3 N–H and O–H groups in total. The van der Waals surface area contributed by atoms with Crippen LogP contribution in [0.4, 0.5) is 11.5 Å². The molecule has 32 heavy (non-hydrogen) atoms. The second-order valence-corrected chi connectivity index (χ2v) is 7.73. The van der Waals surface area contributed by atoms with Gasteiger partial charge in [0.05, 0.1) is 13.2 Å². The highest BCUT2D eigenvalue weighted by Gasteiger charge is 2.29. The summed E-state index contributed by atoms with van der Waals surface area (Å²) in [5.41, 5.74) is 1.37. The minimum Gasteiger partial charge on any atom is -0.378 e. The van der Waals surface area contributed by atoms with Gasteiger partial charge in [-0.3, -0.25) is 14.4 Å². The zero-order valence-corrected chi connectivity index (χ0v) is 17.7. The number of hydrogen-bond acceptors (Lipinski definition) is 7. The molecule has 1 aliphatic carbocycles. The average molecular weight is 438 g/mol. The van der Waals surface area contributed by atoms with Gasteiger partial charge in [0.25, 0.3) is 11.8 Å². The summed E-state index contributed by atoms with van der Waals surface area (Å²) in [7, 11) is 0. The highest BCUT2D eigenvalue weighted by Crippen LogP contribution is 2.30. The Morgan fingerprint density at radius 1 is 0.906 bits per heavy atom. The van der Waals surface area contributed by atoms with Crippen molar-refractivity contribution in [3.8, 4) is 0 Å². The first-order chi connectivity index (χ1) is 15.6. The van der Waals surface area contributed by atoms with Crippen molar-refractivity contribution < 1.29 is 19.1 Å². The number of nitrogens with zero attached hydrogens (tertiary/aromatic N) is 3. The molecule has 0 radical (unpaired) electrons. The molecule has 1 aliphatic heterocycles. The number of rotatable bonds is 8. The number of aromatic nitrogens is 2. The van der Waals surface area contributed by atoms with E-state index in [-0.39, 0.29) is 42.4 Å². The van der Waals surface area contributed by atoms with Crippen molar-refractivity contribution in [3.63, 3.8) is 0 Å². The monoisotopic (exact) mass is 438 g/mol. The molecule has 0 spiro atoms. The summed E-state index contributed by atoms with van der Waals surface area (Å²) in [6, 6.07) is 10.1. The van der Waals surface area contributed by atoms with E-state index in [4.69, 9.17) is 4.74 Å². The lowest BCUT2D eigenvalue weighted by molar-refractivity contribution is -0.117. The van der Waals surface area contributed by atoms with E-state index in [0.29, 0.717) is 24.5 Å². The molecule has 2 aromatic rings. The Bertz CT molecular complexity index is 953. The second kappa shape index (κ2) is 10.2. The molecule has 0 unspecified atom stereocenters. The van der Waals surface area contributed by atoms with Crippen molar-refractivity contribution in [2.45, 2.75) is 12.8 Å². The van der Waals surface area contributed by atoms with Crippen LogP contribution in [-0.2, 0) is 9.53 Å². The highest BCUT2D eigenvalue weighted by atomic mass is 16.5. The Balaban J connectivity index is 1.17. The van der Waals surface area contributed by atoms with Crippen LogP contribution in [0.1, 0.15) is 33.7 Å². The molecule has 1 aromatic heterocycles. The van der Waals surface area contributed by atoms with Gasteiger partial charge in [0.2, 0.25) is 5.91 Å². The third kappa shape index (κ3) is 5.79. The van der Waals surface area contributed by atoms with Crippen LogP contribution in [0, 0.1) is 5.92 Å². The van der Waals surface area contributed by atoms with Crippen molar-refractivity contribution in [1.29, 1.82) is 0 Å². The summed E-state index contributed by atoms with van der Waals surface area (Å²) in [6.07, 6.45) is 1.88. The van der Waals surface area contributed by atoms with Gasteiger partial charge in [0.1, 0.15) is 0 Å². The van der Waals surface area contributed by atoms with E-state index in [1.54, 1.807) is 36.4 Å². The number of hydrogen-bond donors (Lipinski definition) is 3. The van der Waals surface area contributed by atoms with Gasteiger partial charge in [0, 0.05) is 43.3 Å². The SMILES string of the molecule is O=C(NCCNC(=O)c1ccc(N2CCOCC2)nn1)c1ccc(NC(=O)C2CC2)cc1. The predicted molar refractivity (Wildman–Crippen MR) is 118 cm³/mol. The number of ether oxygens (including phenoxy) is 1. The molecule has 2 heterocycles. The van der Waals surface area contributed by atoms with E-state index in [0.717, 1.165) is 31.7 Å². The van der Waals surface area contributed by atoms with E-state index < -0.39 is 0 Å². The van der Waals surface area contributed by atoms with Gasteiger partial charge in [-0.05, 0) is 49.2 Å². The van der Waals surface area contributed by atoms with Crippen LogP contribution in [0.25, 0.3) is 0 Å². The fraction of sp³-hybridized carbons (Fsp3) is 0.409. The first-order valence-electron chi connectivity index (χ1n) is 10.7. The van der Waals surface area contributed by atoms with Crippen molar-refractivity contribution in [3.05, 3.63) is 47.7 Å². The first kappa shape index (κ1) is 21.7. The van der Waals surface area contributed by atoms with Crippen LogP contribution in [0.3, 0.4) is 0 Å². The lowest BCUT2D eigenvalue weighted by atomic mass is 10.2. The number of carbonyl (C=O) groups is 3. The molecule has 0 bridgehead atoms. The van der Waals surface area contributed by atoms with E-state index in [1.807, 2.05) is 0 Å². The molecular weight excluding hydrogens is 412 g/mol. The predicted octanol–water partition coefficient (Wildman–Crippen LogP) is 0.822.